The number of nitrogens with zero attached hydrogens (tertiary/aromatic N) is 3. The van der Waals surface area contributed by atoms with Crippen LogP contribution in [-0.4, -0.2) is 45.6 Å². The van der Waals surface area contributed by atoms with Gasteiger partial charge in [-0.25, -0.2) is 0 Å². The van der Waals surface area contributed by atoms with E-state index in [4.69, 9.17) is 0 Å². The summed E-state index contributed by atoms with van der Waals surface area (Å²) in [7, 11) is 0. The third-order valence-electron chi connectivity index (χ3n) is 3.97. The fourth-order valence-electron chi connectivity index (χ4n) is 2.70. The van der Waals surface area contributed by atoms with Gasteiger partial charge < -0.3 is 10.2 Å². The van der Waals surface area contributed by atoms with Crippen molar-refractivity contribution < 1.29 is 4.79 Å². The van der Waals surface area contributed by atoms with Gasteiger partial charge in [0.2, 0.25) is 0 Å². The molecule has 1 N–H and O–H groups in total. The molecule has 1 unspecified atom stereocenters. The van der Waals surface area contributed by atoms with E-state index < -0.39 is 0 Å². The Hall–Kier alpha value is -1.01. The predicted octanol–water partition coefficient (Wildman–Crippen LogP) is 2.65. The summed E-state index contributed by atoms with van der Waals surface area (Å²) in [5.41, 5.74) is 0.826. The van der Waals surface area contributed by atoms with Crippen LogP contribution in [0.15, 0.2) is 0 Å². The van der Waals surface area contributed by atoms with Crippen LogP contribution >= 0.6 is 11.5 Å². The molecule has 1 aliphatic rings. The van der Waals surface area contributed by atoms with Crippen LogP contribution in [0.2, 0.25) is 0 Å². The Morgan fingerprint density at radius 3 is 2.71 bits per heavy atom. The van der Waals surface area contributed by atoms with Crippen molar-refractivity contribution >= 4 is 17.4 Å². The molecule has 0 saturated carbocycles. The minimum atomic E-state index is 0.0797. The lowest BCUT2D eigenvalue weighted by Crippen LogP contribution is -2.48. The van der Waals surface area contributed by atoms with Gasteiger partial charge in [-0.3, -0.25) is 4.79 Å². The Kier molecular flexibility index (Phi) is 5.70. The van der Waals surface area contributed by atoms with Crippen LogP contribution in [0.25, 0.3) is 0 Å². The first kappa shape index (κ1) is 16.4. The molecule has 0 aliphatic carbocycles. The van der Waals surface area contributed by atoms with E-state index >= 15 is 0 Å². The van der Waals surface area contributed by atoms with Crippen molar-refractivity contribution in [1.29, 1.82) is 0 Å². The maximum Gasteiger partial charge on any atom is 0.267 e. The van der Waals surface area contributed by atoms with E-state index in [9.17, 15) is 4.79 Å². The highest BCUT2D eigenvalue weighted by molar-refractivity contribution is 7.08. The maximum absolute atomic E-state index is 12.9. The third kappa shape index (κ3) is 4.01. The first-order valence-electron chi connectivity index (χ1n) is 7.87. The van der Waals surface area contributed by atoms with Crippen LogP contribution in [0.1, 0.15) is 68.2 Å². The molecule has 21 heavy (non-hydrogen) atoms. The van der Waals surface area contributed by atoms with Crippen molar-refractivity contribution in [3.8, 4) is 0 Å². The molecule has 1 aromatic rings. The number of nitrogens with one attached hydrogen (secondary N) is 1. The predicted molar refractivity (Wildman–Crippen MR) is 85.8 cm³/mol. The number of carbonyl (C=O) groups excluding carboxylic acids is 1. The highest BCUT2D eigenvalue weighted by atomic mass is 32.1. The average molecular weight is 310 g/mol. The van der Waals surface area contributed by atoms with Gasteiger partial charge in [0.15, 0.2) is 0 Å². The normalized spacial score (nSPS) is 19.2. The van der Waals surface area contributed by atoms with Crippen LogP contribution in [0.5, 0.6) is 0 Å². The summed E-state index contributed by atoms with van der Waals surface area (Å²) in [5.74, 6) is 0.306. The molecule has 118 valence electrons. The van der Waals surface area contributed by atoms with E-state index in [1.807, 2.05) is 4.90 Å². The lowest BCUT2D eigenvalue weighted by atomic mass is 10.0. The van der Waals surface area contributed by atoms with Gasteiger partial charge in [0.1, 0.15) is 4.88 Å². The molecular formula is C15H26N4OS. The molecule has 1 amide bonds. The SMILES string of the molecule is CC(C)c1nnsc1C(=O)N(CC1CCCCN1)C(C)C. The van der Waals surface area contributed by atoms with Crippen LogP contribution < -0.4 is 5.32 Å². The number of aromatic nitrogens is 2. The third-order valence-corrected chi connectivity index (χ3v) is 4.70. The maximum atomic E-state index is 12.9. The highest BCUT2D eigenvalue weighted by Crippen LogP contribution is 2.23. The molecule has 0 bridgehead atoms. The molecular weight excluding hydrogens is 284 g/mol. The number of carbonyl (C=O) groups is 1. The van der Waals surface area contributed by atoms with Crippen LogP contribution in [0, 0.1) is 0 Å². The number of rotatable bonds is 5. The molecule has 6 heteroatoms. The summed E-state index contributed by atoms with van der Waals surface area (Å²) >= 11 is 1.22. The van der Waals surface area contributed by atoms with E-state index in [0.717, 1.165) is 25.2 Å². The molecule has 1 fully saturated rings. The van der Waals surface area contributed by atoms with Gasteiger partial charge in [0.05, 0.1) is 5.69 Å². The second kappa shape index (κ2) is 7.31. The molecule has 0 spiro atoms. The molecule has 2 heterocycles. The zero-order valence-corrected chi connectivity index (χ0v) is 14.2. The van der Waals surface area contributed by atoms with Crippen molar-refractivity contribution in [2.24, 2.45) is 0 Å². The van der Waals surface area contributed by atoms with Crippen LogP contribution in [0.4, 0.5) is 0 Å². The number of piperidine rings is 1. The summed E-state index contributed by atoms with van der Waals surface area (Å²) in [6.45, 7) is 10.1. The fourth-order valence-corrected chi connectivity index (χ4v) is 3.48. The molecule has 1 atom stereocenters. The van der Waals surface area contributed by atoms with E-state index in [1.165, 1.54) is 24.4 Å². The van der Waals surface area contributed by atoms with Gasteiger partial charge in [0.25, 0.3) is 5.91 Å². The van der Waals surface area contributed by atoms with Crippen molar-refractivity contribution in [2.45, 2.75) is 65.0 Å². The largest absolute Gasteiger partial charge is 0.334 e. The molecule has 1 aliphatic heterocycles. The molecule has 1 aromatic heterocycles. The smallest absolute Gasteiger partial charge is 0.267 e. The quantitative estimate of drug-likeness (QED) is 0.908. The van der Waals surface area contributed by atoms with Crippen molar-refractivity contribution in [2.75, 3.05) is 13.1 Å². The highest BCUT2D eigenvalue weighted by Gasteiger charge is 2.28. The van der Waals surface area contributed by atoms with E-state index in [2.05, 4.69) is 42.6 Å². The summed E-state index contributed by atoms with van der Waals surface area (Å²) in [6.07, 6.45) is 3.63. The first-order valence-corrected chi connectivity index (χ1v) is 8.64. The van der Waals surface area contributed by atoms with Crippen molar-refractivity contribution in [3.05, 3.63) is 10.6 Å². The van der Waals surface area contributed by atoms with Gasteiger partial charge in [0, 0.05) is 18.6 Å². The van der Waals surface area contributed by atoms with Gasteiger partial charge in [-0.1, -0.05) is 24.8 Å². The second-order valence-electron chi connectivity index (χ2n) is 6.34. The van der Waals surface area contributed by atoms with Gasteiger partial charge in [-0.2, -0.15) is 0 Å². The number of hydrogen-bond acceptors (Lipinski definition) is 5. The summed E-state index contributed by atoms with van der Waals surface area (Å²) in [6, 6.07) is 0.594. The summed E-state index contributed by atoms with van der Waals surface area (Å²) < 4.78 is 3.98. The van der Waals surface area contributed by atoms with Gasteiger partial charge >= 0.3 is 0 Å². The Bertz CT molecular complexity index is 466. The first-order chi connectivity index (χ1) is 10.0. The number of hydrogen-bond donors (Lipinski definition) is 1. The topological polar surface area (TPSA) is 58.1 Å². The van der Waals surface area contributed by atoms with Crippen LogP contribution in [0.3, 0.4) is 0 Å². The van der Waals surface area contributed by atoms with Crippen molar-refractivity contribution in [3.63, 3.8) is 0 Å². The zero-order valence-electron chi connectivity index (χ0n) is 13.4. The Labute approximate surface area is 131 Å². The molecule has 0 aromatic carbocycles. The minimum Gasteiger partial charge on any atom is -0.334 e. The Morgan fingerprint density at radius 1 is 1.38 bits per heavy atom. The molecule has 1 saturated heterocycles. The van der Waals surface area contributed by atoms with Gasteiger partial charge in [-0.15, -0.1) is 5.10 Å². The standard InChI is InChI=1S/C15H26N4OS/c1-10(2)13-14(21-18-17-13)15(20)19(11(3)4)9-12-7-5-6-8-16-12/h10-12,16H,5-9H2,1-4H3. The summed E-state index contributed by atoms with van der Waals surface area (Å²) in [4.78, 5) is 15.5. The van der Waals surface area contributed by atoms with E-state index in [0.29, 0.717) is 10.9 Å². The molecule has 0 radical (unpaired) electrons. The Balaban J connectivity index is 2.13. The second-order valence-corrected chi connectivity index (χ2v) is 7.09. The lowest BCUT2D eigenvalue weighted by molar-refractivity contribution is 0.0680. The monoisotopic (exact) mass is 310 g/mol. The van der Waals surface area contributed by atoms with E-state index in [-0.39, 0.29) is 17.9 Å². The Morgan fingerprint density at radius 2 is 2.14 bits per heavy atom. The minimum absolute atomic E-state index is 0.0797. The van der Waals surface area contributed by atoms with Crippen LogP contribution in [-0.2, 0) is 0 Å². The van der Waals surface area contributed by atoms with Gasteiger partial charge in [-0.05, 0) is 50.7 Å². The average Bonchev–Trinajstić information content (AvgIpc) is 2.94. The van der Waals surface area contributed by atoms with E-state index in [1.54, 1.807) is 0 Å². The number of amides is 1. The summed E-state index contributed by atoms with van der Waals surface area (Å²) in [5, 5.41) is 7.65. The molecule has 2 rings (SSSR count). The lowest BCUT2D eigenvalue weighted by Gasteiger charge is -2.33. The molecule has 5 nitrogen and oxygen atoms in total. The van der Waals surface area contributed by atoms with Crippen molar-refractivity contribution in [1.82, 2.24) is 19.8 Å². The zero-order chi connectivity index (χ0) is 15.4. The fraction of sp³-hybridized carbons (Fsp3) is 0.800.